The van der Waals surface area contributed by atoms with E-state index in [-0.39, 0.29) is 10.8 Å². The fourth-order valence-electron chi connectivity index (χ4n) is 1.58. The lowest BCUT2D eigenvalue weighted by atomic mass is 10.2. The van der Waals surface area contributed by atoms with Crippen LogP contribution in [-0.2, 0) is 0 Å². The fourth-order valence-corrected chi connectivity index (χ4v) is 1.76. The third-order valence-corrected chi connectivity index (χ3v) is 2.76. The van der Waals surface area contributed by atoms with Crippen molar-refractivity contribution in [3.05, 3.63) is 53.9 Å². The van der Waals surface area contributed by atoms with Crippen molar-refractivity contribution in [1.29, 1.82) is 0 Å². The van der Waals surface area contributed by atoms with Gasteiger partial charge in [-0.05, 0) is 24.3 Å². The summed E-state index contributed by atoms with van der Waals surface area (Å²) >= 11 is 5.83. The maximum Gasteiger partial charge on any atom is 0.247 e. The third kappa shape index (κ3) is 2.46. The first-order valence-electron chi connectivity index (χ1n) is 5.57. The van der Waals surface area contributed by atoms with Crippen LogP contribution < -0.4 is 4.74 Å². The molecule has 0 aliphatic heterocycles. The highest BCUT2D eigenvalue weighted by atomic mass is 35.5. The number of pyridine rings is 1. The molecule has 3 aromatic rings. The molecule has 0 saturated heterocycles. The van der Waals surface area contributed by atoms with Crippen molar-refractivity contribution in [2.24, 2.45) is 0 Å². The van der Waals surface area contributed by atoms with E-state index in [2.05, 4.69) is 15.2 Å². The summed E-state index contributed by atoms with van der Waals surface area (Å²) in [5.74, 6) is 0.135. The summed E-state index contributed by atoms with van der Waals surface area (Å²) in [6, 6.07) is 6.73. The lowest BCUT2D eigenvalue weighted by molar-refractivity contribution is 0.440. The van der Waals surface area contributed by atoms with Crippen LogP contribution in [0.3, 0.4) is 0 Å². The van der Waals surface area contributed by atoms with Gasteiger partial charge in [0.25, 0.3) is 0 Å². The summed E-state index contributed by atoms with van der Waals surface area (Å²) in [5.41, 5.74) is 0.733. The average molecular weight is 292 g/mol. The number of aromatic nitrogens is 3. The van der Waals surface area contributed by atoms with Crippen LogP contribution in [0.5, 0.6) is 11.5 Å². The van der Waals surface area contributed by atoms with Gasteiger partial charge in [-0.1, -0.05) is 11.6 Å². The Labute approximate surface area is 118 Å². The van der Waals surface area contributed by atoms with Crippen LogP contribution in [0.15, 0.2) is 47.5 Å². The zero-order chi connectivity index (χ0) is 13.9. The summed E-state index contributed by atoms with van der Waals surface area (Å²) < 4.78 is 24.0. The molecule has 0 unspecified atom stereocenters. The fraction of sp³-hybridized carbons (Fsp3) is 0. The first kappa shape index (κ1) is 12.6. The molecule has 5 nitrogen and oxygen atoms in total. The maximum absolute atomic E-state index is 13.5. The molecule has 0 fully saturated rings. The van der Waals surface area contributed by atoms with Gasteiger partial charge in [-0.2, -0.15) is 0 Å². The van der Waals surface area contributed by atoms with Gasteiger partial charge in [-0.3, -0.25) is 4.98 Å². The van der Waals surface area contributed by atoms with E-state index in [1.807, 2.05) is 0 Å². The van der Waals surface area contributed by atoms with E-state index in [1.165, 1.54) is 12.6 Å². The van der Waals surface area contributed by atoms with E-state index < -0.39 is 5.82 Å². The molecule has 3 rings (SSSR count). The van der Waals surface area contributed by atoms with Gasteiger partial charge >= 0.3 is 0 Å². The zero-order valence-electron chi connectivity index (χ0n) is 9.96. The van der Waals surface area contributed by atoms with Crippen molar-refractivity contribution in [2.45, 2.75) is 0 Å². The van der Waals surface area contributed by atoms with Crippen LogP contribution in [0.4, 0.5) is 4.39 Å². The summed E-state index contributed by atoms with van der Waals surface area (Å²) in [7, 11) is 0. The predicted molar refractivity (Wildman–Crippen MR) is 69.0 cm³/mol. The normalized spacial score (nSPS) is 10.5. The first-order valence-corrected chi connectivity index (χ1v) is 5.95. The number of hydrogen-bond donors (Lipinski definition) is 0. The molecule has 1 aromatic carbocycles. The minimum atomic E-state index is -0.626. The molecule has 20 heavy (non-hydrogen) atoms. The van der Waals surface area contributed by atoms with E-state index >= 15 is 0 Å². The minimum Gasteiger partial charge on any atom is -0.453 e. The first-order chi connectivity index (χ1) is 9.74. The molecule has 0 spiro atoms. The quantitative estimate of drug-likeness (QED) is 0.736. The van der Waals surface area contributed by atoms with Crippen molar-refractivity contribution >= 4 is 11.6 Å². The molecule has 0 radical (unpaired) electrons. The van der Waals surface area contributed by atoms with Gasteiger partial charge in [0.15, 0.2) is 11.6 Å². The molecule has 0 aliphatic carbocycles. The van der Waals surface area contributed by atoms with Crippen LogP contribution in [-0.4, -0.2) is 15.2 Å². The maximum atomic E-state index is 13.5. The summed E-state index contributed by atoms with van der Waals surface area (Å²) in [4.78, 5) is 3.62. The second-order valence-electron chi connectivity index (χ2n) is 3.80. The molecule has 0 N–H and O–H groups in total. The van der Waals surface area contributed by atoms with Crippen molar-refractivity contribution in [1.82, 2.24) is 15.2 Å². The van der Waals surface area contributed by atoms with Gasteiger partial charge in [0, 0.05) is 11.8 Å². The largest absolute Gasteiger partial charge is 0.453 e. The lowest BCUT2D eigenvalue weighted by Gasteiger charge is -2.08. The molecular weight excluding hydrogens is 285 g/mol. The molecule has 7 heteroatoms. The van der Waals surface area contributed by atoms with Gasteiger partial charge in [0.05, 0.1) is 6.20 Å². The van der Waals surface area contributed by atoms with Crippen molar-refractivity contribution < 1.29 is 13.5 Å². The number of halogens is 2. The standard InChI is InChI=1S/C13H7ClFN3O2/c14-10-5-16-6-11(15)12(10)20-9-3-1-8(2-4-9)13-18-17-7-19-13/h1-7H. The van der Waals surface area contributed by atoms with Gasteiger partial charge in [-0.25, -0.2) is 4.39 Å². The Bertz CT molecular complexity index is 697. The second-order valence-corrected chi connectivity index (χ2v) is 4.21. The predicted octanol–water partition coefficient (Wildman–Crippen LogP) is 3.72. The highest BCUT2D eigenvalue weighted by molar-refractivity contribution is 6.31. The number of nitrogens with zero attached hydrogens (tertiary/aromatic N) is 3. The summed E-state index contributed by atoms with van der Waals surface area (Å²) in [6.07, 6.45) is 3.59. The average Bonchev–Trinajstić information content (AvgIpc) is 2.98. The van der Waals surface area contributed by atoms with Crippen LogP contribution in [0.1, 0.15) is 0 Å². The lowest BCUT2D eigenvalue weighted by Crippen LogP contribution is -1.91. The summed E-state index contributed by atoms with van der Waals surface area (Å²) in [6.45, 7) is 0. The van der Waals surface area contributed by atoms with Gasteiger partial charge in [0.1, 0.15) is 10.8 Å². The zero-order valence-corrected chi connectivity index (χ0v) is 10.7. The van der Waals surface area contributed by atoms with E-state index in [0.29, 0.717) is 11.6 Å². The molecule has 2 aromatic heterocycles. The molecule has 0 amide bonds. The van der Waals surface area contributed by atoms with E-state index in [9.17, 15) is 4.39 Å². The number of hydrogen-bond acceptors (Lipinski definition) is 5. The molecule has 100 valence electrons. The van der Waals surface area contributed by atoms with E-state index in [1.54, 1.807) is 24.3 Å². The van der Waals surface area contributed by atoms with Gasteiger partial charge in [-0.15, -0.1) is 10.2 Å². The molecule has 0 bridgehead atoms. The Hall–Kier alpha value is -2.47. The van der Waals surface area contributed by atoms with Crippen LogP contribution >= 0.6 is 11.6 Å². The van der Waals surface area contributed by atoms with Crippen LogP contribution in [0.25, 0.3) is 11.5 Å². The third-order valence-electron chi connectivity index (χ3n) is 2.49. The van der Waals surface area contributed by atoms with E-state index in [4.69, 9.17) is 20.8 Å². The monoisotopic (exact) mass is 291 g/mol. The molecule has 0 aliphatic rings. The Balaban J connectivity index is 1.85. The smallest absolute Gasteiger partial charge is 0.247 e. The highest BCUT2D eigenvalue weighted by Crippen LogP contribution is 2.31. The SMILES string of the molecule is Fc1cncc(Cl)c1Oc1ccc(-c2nnco2)cc1. The van der Waals surface area contributed by atoms with Crippen molar-refractivity contribution in [2.75, 3.05) is 0 Å². The number of benzene rings is 1. The topological polar surface area (TPSA) is 61.0 Å². The van der Waals surface area contributed by atoms with Crippen LogP contribution in [0, 0.1) is 5.82 Å². The minimum absolute atomic E-state index is 0.0628. The Kier molecular flexibility index (Phi) is 3.30. The Morgan fingerprint density at radius 1 is 1.15 bits per heavy atom. The molecular formula is C13H7ClFN3O2. The van der Waals surface area contributed by atoms with Gasteiger partial charge < -0.3 is 9.15 Å². The molecule has 0 atom stereocenters. The highest BCUT2D eigenvalue weighted by Gasteiger charge is 2.11. The van der Waals surface area contributed by atoms with Crippen molar-refractivity contribution in [3.63, 3.8) is 0 Å². The van der Waals surface area contributed by atoms with Crippen LogP contribution in [0.2, 0.25) is 5.02 Å². The van der Waals surface area contributed by atoms with Gasteiger partial charge in [0.2, 0.25) is 12.3 Å². The molecule has 0 saturated carbocycles. The second kappa shape index (κ2) is 5.26. The Morgan fingerprint density at radius 2 is 1.95 bits per heavy atom. The number of ether oxygens (including phenoxy) is 1. The Morgan fingerprint density at radius 3 is 2.60 bits per heavy atom. The van der Waals surface area contributed by atoms with Crippen molar-refractivity contribution in [3.8, 4) is 23.0 Å². The summed E-state index contributed by atoms with van der Waals surface area (Å²) in [5, 5.41) is 7.47. The number of rotatable bonds is 3. The van der Waals surface area contributed by atoms with E-state index in [0.717, 1.165) is 11.8 Å². The molecule has 2 heterocycles.